The molecule has 0 aliphatic carbocycles. The molecule has 1 aromatic carbocycles. The summed E-state index contributed by atoms with van der Waals surface area (Å²) in [5.41, 5.74) is 0.864. The van der Waals surface area contributed by atoms with Gasteiger partial charge in [-0.05, 0) is 48.5 Å². The van der Waals surface area contributed by atoms with Gasteiger partial charge in [-0.3, -0.25) is 4.79 Å². The van der Waals surface area contributed by atoms with Crippen molar-refractivity contribution in [2.45, 2.75) is 0 Å². The Hall–Kier alpha value is -2.26. The van der Waals surface area contributed by atoms with Gasteiger partial charge in [-0.25, -0.2) is 0 Å². The Morgan fingerprint density at radius 2 is 1.74 bits per heavy atom. The number of rotatable bonds is 3. The van der Waals surface area contributed by atoms with Crippen molar-refractivity contribution in [2.75, 3.05) is 0 Å². The van der Waals surface area contributed by atoms with Crippen LogP contribution in [0.5, 0.6) is 0 Å². The van der Waals surface area contributed by atoms with Crippen molar-refractivity contribution in [2.24, 2.45) is 0 Å². The summed E-state index contributed by atoms with van der Waals surface area (Å²) in [6.07, 6.45) is 1.45. The predicted molar refractivity (Wildman–Crippen MR) is 71.3 cm³/mol. The zero-order valence-corrected chi connectivity index (χ0v) is 10.6. The Bertz CT molecular complexity index is 693. The van der Waals surface area contributed by atoms with Crippen LogP contribution in [0.4, 0.5) is 0 Å². The van der Waals surface area contributed by atoms with Gasteiger partial charge in [0.05, 0.1) is 6.26 Å². The number of carbonyl (C=O) groups is 1. The first kappa shape index (κ1) is 11.8. The number of hydrogen-bond acceptors (Lipinski definition) is 3. The first-order valence-electron chi connectivity index (χ1n) is 5.68. The van der Waals surface area contributed by atoms with E-state index in [0.29, 0.717) is 10.8 Å². The SMILES string of the molecule is O=C(c1ccco1)c1ccc(-c2ccc(Cl)cc2)o1. The summed E-state index contributed by atoms with van der Waals surface area (Å²) in [6.45, 7) is 0. The molecule has 3 nitrogen and oxygen atoms in total. The molecule has 0 radical (unpaired) electrons. The van der Waals surface area contributed by atoms with E-state index in [0.717, 1.165) is 5.56 Å². The van der Waals surface area contributed by atoms with Crippen molar-refractivity contribution in [3.05, 3.63) is 71.3 Å². The second-order valence-corrected chi connectivity index (χ2v) is 4.41. The standard InChI is InChI=1S/C15H9ClO3/c16-11-5-3-10(4-6-11)12-7-8-14(19-12)15(17)13-2-1-9-18-13/h1-9H. The van der Waals surface area contributed by atoms with E-state index < -0.39 is 0 Å². The predicted octanol–water partition coefficient (Wildman–Crippen LogP) is 4.42. The van der Waals surface area contributed by atoms with Gasteiger partial charge < -0.3 is 8.83 Å². The lowest BCUT2D eigenvalue weighted by atomic mass is 10.2. The fourth-order valence-electron chi connectivity index (χ4n) is 1.76. The van der Waals surface area contributed by atoms with Gasteiger partial charge in [0, 0.05) is 10.6 Å². The van der Waals surface area contributed by atoms with Gasteiger partial charge in [0.15, 0.2) is 11.5 Å². The third kappa shape index (κ3) is 2.33. The number of furan rings is 2. The zero-order valence-electron chi connectivity index (χ0n) is 9.80. The molecule has 0 aliphatic heterocycles. The lowest BCUT2D eigenvalue weighted by molar-refractivity contribution is 0.0984. The number of ketones is 1. The molecule has 0 unspecified atom stereocenters. The fraction of sp³-hybridized carbons (Fsp3) is 0. The van der Waals surface area contributed by atoms with Crippen LogP contribution in [0.15, 0.2) is 63.6 Å². The van der Waals surface area contributed by atoms with Crippen LogP contribution >= 0.6 is 11.6 Å². The Balaban J connectivity index is 1.91. The Morgan fingerprint density at radius 1 is 0.947 bits per heavy atom. The molecule has 0 amide bonds. The van der Waals surface area contributed by atoms with E-state index in [1.165, 1.54) is 6.26 Å². The molecule has 0 aliphatic rings. The minimum atomic E-state index is -0.273. The highest BCUT2D eigenvalue weighted by atomic mass is 35.5. The molecule has 0 spiro atoms. The van der Waals surface area contributed by atoms with Gasteiger partial charge in [0.2, 0.25) is 0 Å². The van der Waals surface area contributed by atoms with Gasteiger partial charge in [-0.1, -0.05) is 11.6 Å². The lowest BCUT2D eigenvalue weighted by Crippen LogP contribution is -1.96. The van der Waals surface area contributed by atoms with E-state index >= 15 is 0 Å². The van der Waals surface area contributed by atoms with Crippen molar-refractivity contribution < 1.29 is 13.6 Å². The van der Waals surface area contributed by atoms with E-state index in [9.17, 15) is 4.79 Å². The molecule has 4 heteroatoms. The first-order chi connectivity index (χ1) is 9.24. The topological polar surface area (TPSA) is 43.4 Å². The summed E-state index contributed by atoms with van der Waals surface area (Å²) in [5.74, 6) is 0.855. The molecule has 0 fully saturated rings. The Labute approximate surface area is 114 Å². The number of halogens is 1. The first-order valence-corrected chi connectivity index (χ1v) is 6.06. The van der Waals surface area contributed by atoms with Crippen LogP contribution in [-0.4, -0.2) is 5.78 Å². The summed E-state index contributed by atoms with van der Waals surface area (Å²) in [6, 6.07) is 13.9. The maximum atomic E-state index is 12.0. The van der Waals surface area contributed by atoms with E-state index in [1.807, 2.05) is 12.1 Å². The zero-order chi connectivity index (χ0) is 13.2. The van der Waals surface area contributed by atoms with Crippen molar-refractivity contribution in [3.63, 3.8) is 0 Å². The maximum absolute atomic E-state index is 12.0. The molecule has 3 rings (SSSR count). The second kappa shape index (κ2) is 4.78. The highest BCUT2D eigenvalue weighted by Crippen LogP contribution is 2.25. The van der Waals surface area contributed by atoms with E-state index in [-0.39, 0.29) is 17.3 Å². The summed E-state index contributed by atoms with van der Waals surface area (Å²) in [7, 11) is 0. The quantitative estimate of drug-likeness (QED) is 0.663. The molecular formula is C15H9ClO3. The summed E-state index contributed by atoms with van der Waals surface area (Å²) < 4.78 is 10.6. The highest BCUT2D eigenvalue weighted by Gasteiger charge is 2.16. The van der Waals surface area contributed by atoms with E-state index in [2.05, 4.69) is 0 Å². The van der Waals surface area contributed by atoms with Crippen molar-refractivity contribution in [1.82, 2.24) is 0 Å². The van der Waals surface area contributed by atoms with Gasteiger partial charge in [-0.15, -0.1) is 0 Å². The normalized spacial score (nSPS) is 10.6. The Morgan fingerprint density at radius 3 is 2.42 bits per heavy atom. The number of hydrogen-bond donors (Lipinski definition) is 0. The van der Waals surface area contributed by atoms with Gasteiger partial charge in [0.1, 0.15) is 5.76 Å². The van der Waals surface area contributed by atoms with Crippen LogP contribution in [0.2, 0.25) is 5.02 Å². The summed E-state index contributed by atoms with van der Waals surface area (Å²) in [4.78, 5) is 12.0. The largest absolute Gasteiger partial charge is 0.461 e. The van der Waals surface area contributed by atoms with Crippen molar-refractivity contribution >= 4 is 17.4 Å². The molecule has 0 saturated heterocycles. The molecule has 0 atom stereocenters. The van der Waals surface area contributed by atoms with Crippen LogP contribution in [0.1, 0.15) is 16.3 Å². The monoisotopic (exact) mass is 272 g/mol. The van der Waals surface area contributed by atoms with Gasteiger partial charge in [0.25, 0.3) is 5.78 Å². The molecule has 0 saturated carbocycles. The maximum Gasteiger partial charge on any atom is 0.263 e. The average Bonchev–Trinajstić information content (AvgIpc) is 3.10. The molecule has 3 aromatic rings. The van der Waals surface area contributed by atoms with Crippen molar-refractivity contribution in [1.29, 1.82) is 0 Å². The molecule has 0 N–H and O–H groups in total. The summed E-state index contributed by atoms with van der Waals surface area (Å²) in [5, 5.41) is 0.655. The van der Waals surface area contributed by atoms with Gasteiger partial charge in [-0.2, -0.15) is 0 Å². The smallest absolute Gasteiger partial charge is 0.263 e. The highest BCUT2D eigenvalue weighted by molar-refractivity contribution is 6.30. The van der Waals surface area contributed by atoms with E-state index in [1.54, 1.807) is 36.4 Å². The molecule has 2 aromatic heterocycles. The minimum absolute atomic E-state index is 0.250. The van der Waals surface area contributed by atoms with Gasteiger partial charge >= 0.3 is 0 Å². The van der Waals surface area contributed by atoms with Crippen LogP contribution < -0.4 is 0 Å². The second-order valence-electron chi connectivity index (χ2n) is 3.98. The molecule has 94 valence electrons. The van der Waals surface area contributed by atoms with E-state index in [4.69, 9.17) is 20.4 Å². The van der Waals surface area contributed by atoms with Crippen LogP contribution in [-0.2, 0) is 0 Å². The van der Waals surface area contributed by atoms with Crippen LogP contribution in [0.25, 0.3) is 11.3 Å². The molecular weight excluding hydrogens is 264 g/mol. The number of carbonyl (C=O) groups excluding carboxylic acids is 1. The average molecular weight is 273 g/mol. The Kier molecular flexibility index (Phi) is 2.97. The minimum Gasteiger partial charge on any atom is -0.461 e. The van der Waals surface area contributed by atoms with Crippen LogP contribution in [0.3, 0.4) is 0 Å². The molecule has 19 heavy (non-hydrogen) atoms. The lowest BCUT2D eigenvalue weighted by Gasteiger charge is -1.97. The summed E-state index contributed by atoms with van der Waals surface area (Å²) >= 11 is 5.83. The fourth-order valence-corrected chi connectivity index (χ4v) is 1.88. The van der Waals surface area contributed by atoms with Crippen LogP contribution in [0, 0.1) is 0 Å². The molecule has 2 heterocycles. The third-order valence-corrected chi connectivity index (χ3v) is 2.96. The number of benzene rings is 1. The third-order valence-electron chi connectivity index (χ3n) is 2.70. The molecule has 0 bridgehead atoms. The van der Waals surface area contributed by atoms with Crippen molar-refractivity contribution in [3.8, 4) is 11.3 Å².